The fraction of sp³-hybridized carbons (Fsp3) is 0.656. The molecule has 0 bridgehead atoms. The molecule has 2 aliphatic rings. The van der Waals surface area contributed by atoms with Gasteiger partial charge in [-0.3, -0.25) is 19.2 Å². The summed E-state index contributed by atoms with van der Waals surface area (Å²) in [6, 6.07) is 10.6. The Morgan fingerprint density at radius 3 is 2.21 bits per heavy atom. The number of H-pyrrole nitrogens is 1. The standard InChI is InChI=1S/C32H49N3O6Si/c1-23(2)42(24(3)4,25(5)6)40-22-32(21-39-30(37)26-13-9-7-10-14-26)20-34(27-15-11-8-12-16-27)19-29(41-32)35-18-17-28(36)33-31(35)38/h7,9-10,13-14,17-18,23-25,27,29H,8,11-12,15-16,19-22H2,1-6H3,(H,33,36,38)/t29-,32+/m1/s1. The van der Waals surface area contributed by atoms with Gasteiger partial charge in [0.05, 0.1) is 12.2 Å². The summed E-state index contributed by atoms with van der Waals surface area (Å²) in [7, 11) is -2.31. The van der Waals surface area contributed by atoms with Crippen molar-refractivity contribution in [3.8, 4) is 0 Å². The van der Waals surface area contributed by atoms with Crippen LogP contribution in [-0.4, -0.2) is 66.7 Å². The van der Waals surface area contributed by atoms with Crippen molar-refractivity contribution in [1.82, 2.24) is 14.5 Å². The van der Waals surface area contributed by atoms with E-state index in [4.69, 9.17) is 13.9 Å². The second kappa shape index (κ2) is 13.8. The Balaban J connectivity index is 1.74. The van der Waals surface area contributed by atoms with Crippen LogP contribution in [0.1, 0.15) is 90.2 Å². The molecule has 1 aliphatic heterocycles. The van der Waals surface area contributed by atoms with E-state index in [1.165, 1.54) is 23.3 Å². The molecule has 0 unspecified atom stereocenters. The zero-order chi connectivity index (χ0) is 30.5. The van der Waals surface area contributed by atoms with Gasteiger partial charge in [-0.05, 0) is 41.6 Å². The van der Waals surface area contributed by atoms with Gasteiger partial charge in [0.1, 0.15) is 12.2 Å². The molecule has 1 saturated heterocycles. The van der Waals surface area contributed by atoms with Crippen molar-refractivity contribution < 1.29 is 18.7 Å². The largest absolute Gasteiger partial charge is 0.459 e. The molecule has 2 fully saturated rings. The fourth-order valence-electron chi connectivity index (χ4n) is 7.33. The van der Waals surface area contributed by atoms with Crippen molar-refractivity contribution in [2.45, 2.75) is 108 Å². The molecule has 1 aromatic carbocycles. The first-order chi connectivity index (χ1) is 20.0. The van der Waals surface area contributed by atoms with Crippen molar-refractivity contribution in [3.05, 3.63) is 69.0 Å². The highest BCUT2D eigenvalue weighted by atomic mass is 28.4. The minimum Gasteiger partial charge on any atom is -0.459 e. The molecular formula is C32H49N3O6Si. The average molecular weight is 600 g/mol. The first-order valence-corrected chi connectivity index (χ1v) is 17.7. The molecule has 2 atom stereocenters. The SMILES string of the molecule is CC(C)[Si](OC[C@@]1(COC(=O)c2ccccc2)CN(C2CCCCC2)C[C@H](n2ccc(=O)[nH]c2=O)O1)(C(C)C)C(C)C. The number of hydrogen-bond acceptors (Lipinski definition) is 7. The summed E-state index contributed by atoms with van der Waals surface area (Å²) in [4.78, 5) is 42.8. The number of nitrogens with zero attached hydrogens (tertiary/aromatic N) is 2. The molecule has 10 heteroatoms. The molecular weight excluding hydrogens is 550 g/mol. The fourth-order valence-corrected chi connectivity index (χ4v) is 12.8. The number of benzene rings is 1. The Labute approximate surface area is 250 Å². The van der Waals surface area contributed by atoms with E-state index in [9.17, 15) is 14.4 Å². The molecule has 4 rings (SSSR count). The highest BCUT2D eigenvalue weighted by Gasteiger charge is 2.50. The van der Waals surface area contributed by atoms with E-state index >= 15 is 0 Å². The third-order valence-corrected chi connectivity index (χ3v) is 15.3. The van der Waals surface area contributed by atoms with E-state index in [0.29, 0.717) is 41.3 Å². The Morgan fingerprint density at radius 2 is 1.62 bits per heavy atom. The smallest absolute Gasteiger partial charge is 0.338 e. The zero-order valence-electron chi connectivity index (χ0n) is 26.1. The molecule has 0 spiro atoms. The van der Waals surface area contributed by atoms with Gasteiger partial charge in [-0.1, -0.05) is 79.0 Å². The maximum Gasteiger partial charge on any atom is 0.338 e. The molecule has 9 nitrogen and oxygen atoms in total. The predicted molar refractivity (Wildman–Crippen MR) is 166 cm³/mol. The number of nitrogens with one attached hydrogen (secondary N) is 1. The van der Waals surface area contributed by atoms with E-state index in [1.807, 2.05) is 18.2 Å². The van der Waals surface area contributed by atoms with Gasteiger partial charge in [0.15, 0.2) is 14.5 Å². The topological polar surface area (TPSA) is 103 Å². The van der Waals surface area contributed by atoms with Gasteiger partial charge in [0.25, 0.3) is 5.56 Å². The van der Waals surface area contributed by atoms with E-state index in [2.05, 4.69) is 51.4 Å². The number of morpholine rings is 1. The first kappa shape index (κ1) is 32.4. The van der Waals surface area contributed by atoms with Crippen LogP contribution in [0.3, 0.4) is 0 Å². The van der Waals surface area contributed by atoms with Crippen LogP contribution in [0, 0.1) is 0 Å². The molecule has 0 radical (unpaired) electrons. The second-order valence-electron chi connectivity index (χ2n) is 13.0. The molecule has 1 aliphatic carbocycles. The van der Waals surface area contributed by atoms with E-state index in [-0.39, 0.29) is 13.2 Å². The van der Waals surface area contributed by atoms with E-state index in [0.717, 1.165) is 25.7 Å². The summed E-state index contributed by atoms with van der Waals surface area (Å²) >= 11 is 0. The van der Waals surface area contributed by atoms with Crippen LogP contribution in [0.5, 0.6) is 0 Å². The summed E-state index contributed by atoms with van der Waals surface area (Å²) < 4.78 is 21.4. The number of ether oxygens (including phenoxy) is 2. The highest BCUT2D eigenvalue weighted by molar-refractivity contribution is 6.77. The molecule has 232 valence electrons. The van der Waals surface area contributed by atoms with Gasteiger partial charge in [-0.25, -0.2) is 9.59 Å². The van der Waals surface area contributed by atoms with Crippen LogP contribution in [0.2, 0.25) is 16.6 Å². The van der Waals surface area contributed by atoms with E-state index < -0.39 is 37.4 Å². The Kier molecular flexibility index (Phi) is 10.7. The van der Waals surface area contributed by atoms with Crippen molar-refractivity contribution in [3.63, 3.8) is 0 Å². The van der Waals surface area contributed by atoms with E-state index in [1.54, 1.807) is 12.1 Å². The Bertz CT molecular complexity index is 1270. The van der Waals surface area contributed by atoms with Gasteiger partial charge < -0.3 is 13.9 Å². The Hall–Kier alpha value is -2.53. The minimum absolute atomic E-state index is 0.0166. The zero-order valence-corrected chi connectivity index (χ0v) is 27.1. The number of carbonyl (C=O) groups excluding carboxylic acids is 1. The van der Waals surface area contributed by atoms with Gasteiger partial charge >= 0.3 is 11.7 Å². The van der Waals surface area contributed by atoms with Crippen LogP contribution in [0.4, 0.5) is 0 Å². The molecule has 1 N–H and O–H groups in total. The number of esters is 1. The highest BCUT2D eigenvalue weighted by Crippen LogP contribution is 2.44. The van der Waals surface area contributed by atoms with Crippen LogP contribution in [0.15, 0.2) is 52.2 Å². The summed E-state index contributed by atoms with van der Waals surface area (Å²) in [5, 5.41) is 0. The molecule has 0 amide bonds. The van der Waals surface area contributed by atoms with Crippen LogP contribution in [0.25, 0.3) is 0 Å². The molecule has 1 saturated carbocycles. The lowest BCUT2D eigenvalue weighted by atomic mass is 9.92. The van der Waals surface area contributed by atoms with Gasteiger partial charge in [0.2, 0.25) is 0 Å². The maximum atomic E-state index is 13.2. The van der Waals surface area contributed by atoms with Crippen molar-refractivity contribution in [2.24, 2.45) is 0 Å². The van der Waals surface area contributed by atoms with Crippen LogP contribution in [-0.2, 0) is 13.9 Å². The summed E-state index contributed by atoms with van der Waals surface area (Å²) in [5.41, 5.74) is -0.450. The lowest BCUT2D eigenvalue weighted by molar-refractivity contribution is -0.219. The van der Waals surface area contributed by atoms with Crippen LogP contribution < -0.4 is 11.2 Å². The third kappa shape index (κ3) is 7.15. The monoisotopic (exact) mass is 599 g/mol. The second-order valence-corrected chi connectivity index (χ2v) is 18.5. The summed E-state index contributed by atoms with van der Waals surface area (Å²) in [6.07, 6.45) is 6.47. The summed E-state index contributed by atoms with van der Waals surface area (Å²) in [5.74, 6) is -0.425. The quantitative estimate of drug-likeness (QED) is 0.269. The average Bonchev–Trinajstić information content (AvgIpc) is 2.96. The number of aromatic nitrogens is 2. The number of rotatable bonds is 11. The van der Waals surface area contributed by atoms with Gasteiger partial charge in [0, 0.05) is 31.4 Å². The molecule has 42 heavy (non-hydrogen) atoms. The molecule has 2 heterocycles. The normalized spacial score (nSPS) is 22.6. The van der Waals surface area contributed by atoms with Gasteiger partial charge in [-0.15, -0.1) is 0 Å². The lowest BCUT2D eigenvalue weighted by Crippen LogP contribution is -2.63. The minimum atomic E-state index is -2.31. The number of hydrogen-bond donors (Lipinski definition) is 1. The maximum absolute atomic E-state index is 13.2. The summed E-state index contributed by atoms with van der Waals surface area (Å²) in [6.45, 7) is 14.7. The molecule has 1 aromatic heterocycles. The van der Waals surface area contributed by atoms with Crippen molar-refractivity contribution >= 4 is 14.3 Å². The van der Waals surface area contributed by atoms with Crippen molar-refractivity contribution in [2.75, 3.05) is 26.3 Å². The molecule has 2 aromatic rings. The van der Waals surface area contributed by atoms with Crippen molar-refractivity contribution in [1.29, 1.82) is 0 Å². The number of aromatic amines is 1. The number of carbonyl (C=O) groups is 1. The predicted octanol–water partition coefficient (Wildman–Crippen LogP) is 5.49. The Morgan fingerprint density at radius 1 is 0.976 bits per heavy atom. The third-order valence-electron chi connectivity index (χ3n) is 9.29. The first-order valence-electron chi connectivity index (χ1n) is 15.6. The lowest BCUT2D eigenvalue weighted by Gasteiger charge is -2.51. The van der Waals surface area contributed by atoms with Crippen LogP contribution >= 0.6 is 0 Å². The van der Waals surface area contributed by atoms with Gasteiger partial charge in [-0.2, -0.15) is 0 Å².